The molecular formula is C30H36F3N3O6S. The van der Waals surface area contributed by atoms with Crippen molar-refractivity contribution in [3.63, 3.8) is 0 Å². The van der Waals surface area contributed by atoms with Crippen molar-refractivity contribution in [2.75, 3.05) is 24.6 Å². The molecule has 1 atom stereocenters. The molecule has 0 fully saturated rings. The van der Waals surface area contributed by atoms with E-state index in [9.17, 15) is 41.7 Å². The SMILES string of the molecule is CN(Cc1cc(O)cc(C(F)(F)F)c1)C(=O)Cc1cccc(CC(C)(C)NC[C@H](O)c2ccc(O)c(NS(C)(=O)=O)c2)c1. The van der Waals surface area contributed by atoms with Crippen LogP contribution in [0.5, 0.6) is 11.5 Å². The van der Waals surface area contributed by atoms with E-state index in [0.717, 1.165) is 17.9 Å². The van der Waals surface area contributed by atoms with Gasteiger partial charge in [0, 0.05) is 25.7 Å². The van der Waals surface area contributed by atoms with Crippen LogP contribution < -0.4 is 10.0 Å². The summed E-state index contributed by atoms with van der Waals surface area (Å²) in [6, 6.07) is 14.2. The molecule has 0 bridgehead atoms. The van der Waals surface area contributed by atoms with Crippen LogP contribution in [0.1, 0.15) is 47.8 Å². The monoisotopic (exact) mass is 623 g/mol. The van der Waals surface area contributed by atoms with E-state index in [-0.39, 0.29) is 42.4 Å². The first-order chi connectivity index (χ1) is 19.8. The predicted octanol–water partition coefficient (Wildman–Crippen LogP) is 4.33. The second-order valence-electron chi connectivity index (χ2n) is 11.2. The summed E-state index contributed by atoms with van der Waals surface area (Å²) in [5.74, 6) is -1.11. The maximum absolute atomic E-state index is 13.1. The molecule has 0 aliphatic carbocycles. The predicted molar refractivity (Wildman–Crippen MR) is 157 cm³/mol. The maximum Gasteiger partial charge on any atom is 0.416 e. The molecule has 0 heterocycles. The molecule has 5 N–H and O–H groups in total. The van der Waals surface area contributed by atoms with Crippen molar-refractivity contribution in [1.29, 1.82) is 0 Å². The molecule has 3 rings (SSSR count). The molecule has 0 aliphatic rings. The number of nitrogens with one attached hydrogen (secondary N) is 2. The molecule has 0 saturated carbocycles. The molecule has 1 amide bonds. The Labute approximate surface area is 249 Å². The zero-order chi connectivity index (χ0) is 32.2. The van der Waals surface area contributed by atoms with Gasteiger partial charge in [0.1, 0.15) is 11.5 Å². The van der Waals surface area contributed by atoms with Crippen LogP contribution >= 0.6 is 0 Å². The van der Waals surface area contributed by atoms with Crippen LogP contribution in [0.15, 0.2) is 60.7 Å². The Bertz CT molecular complexity index is 1560. The zero-order valence-electron chi connectivity index (χ0n) is 24.2. The van der Waals surface area contributed by atoms with Crippen molar-refractivity contribution in [3.8, 4) is 11.5 Å². The normalized spacial score (nSPS) is 13.0. The van der Waals surface area contributed by atoms with E-state index in [0.29, 0.717) is 23.6 Å². The number of alkyl halides is 3. The molecular weight excluding hydrogens is 587 g/mol. The van der Waals surface area contributed by atoms with Gasteiger partial charge in [0.25, 0.3) is 0 Å². The Hall–Kier alpha value is -3.81. The summed E-state index contributed by atoms with van der Waals surface area (Å²) in [6.07, 6.45) is -4.12. The number of likely N-dealkylation sites (N-methyl/N-ethyl adjacent to an activating group) is 1. The minimum absolute atomic E-state index is 0.0204. The number of benzene rings is 3. The molecule has 3 aromatic carbocycles. The van der Waals surface area contributed by atoms with E-state index >= 15 is 0 Å². The van der Waals surface area contributed by atoms with Gasteiger partial charge < -0.3 is 25.5 Å². The fourth-order valence-electron chi connectivity index (χ4n) is 4.56. The number of aromatic hydroxyl groups is 2. The fraction of sp³-hybridized carbons (Fsp3) is 0.367. The van der Waals surface area contributed by atoms with Crippen molar-refractivity contribution in [2.24, 2.45) is 0 Å². The third-order valence-electron chi connectivity index (χ3n) is 6.62. The lowest BCUT2D eigenvalue weighted by molar-refractivity contribution is -0.137. The van der Waals surface area contributed by atoms with Gasteiger partial charge in [-0.05, 0) is 72.9 Å². The average Bonchev–Trinajstić information content (AvgIpc) is 2.87. The molecule has 43 heavy (non-hydrogen) atoms. The first-order valence-corrected chi connectivity index (χ1v) is 15.2. The van der Waals surface area contributed by atoms with Crippen molar-refractivity contribution < 1.29 is 41.7 Å². The Morgan fingerprint density at radius 1 is 0.977 bits per heavy atom. The molecule has 3 aromatic rings. The van der Waals surface area contributed by atoms with Crippen molar-refractivity contribution in [1.82, 2.24) is 10.2 Å². The highest BCUT2D eigenvalue weighted by Crippen LogP contribution is 2.33. The summed E-state index contributed by atoms with van der Waals surface area (Å²) in [5, 5.41) is 33.6. The number of anilines is 1. The average molecular weight is 624 g/mol. The fourth-order valence-corrected chi connectivity index (χ4v) is 5.12. The highest BCUT2D eigenvalue weighted by Gasteiger charge is 2.31. The standard InChI is InChI=1S/C30H36F3N3O6S/c1-29(2,34-17-27(39)22-8-9-26(38)25(14-22)35-43(4,41)42)16-20-7-5-6-19(10-20)13-28(40)36(3)18-21-11-23(30(31,32)33)15-24(37)12-21/h5-12,14-15,27,34-35,37-39H,13,16-18H2,1-4H3/t27-/m0/s1. The van der Waals surface area contributed by atoms with Gasteiger partial charge >= 0.3 is 6.18 Å². The maximum atomic E-state index is 13.1. The number of phenols is 2. The molecule has 0 unspecified atom stereocenters. The van der Waals surface area contributed by atoms with Crippen molar-refractivity contribution >= 4 is 21.6 Å². The minimum atomic E-state index is -4.62. The summed E-state index contributed by atoms with van der Waals surface area (Å²) < 4.78 is 64.6. The number of phenolic OH excluding ortho intramolecular Hbond substituents is 2. The number of carbonyl (C=O) groups is 1. The van der Waals surface area contributed by atoms with Gasteiger partial charge in [0.15, 0.2) is 0 Å². The zero-order valence-corrected chi connectivity index (χ0v) is 25.1. The molecule has 0 spiro atoms. The second-order valence-corrected chi connectivity index (χ2v) is 13.0. The first-order valence-electron chi connectivity index (χ1n) is 13.3. The third-order valence-corrected chi connectivity index (χ3v) is 7.21. The third kappa shape index (κ3) is 10.4. The van der Waals surface area contributed by atoms with E-state index < -0.39 is 39.2 Å². The highest BCUT2D eigenvalue weighted by molar-refractivity contribution is 7.92. The smallest absolute Gasteiger partial charge is 0.416 e. The number of sulfonamides is 1. The summed E-state index contributed by atoms with van der Waals surface area (Å²) in [6.45, 7) is 3.89. The number of carbonyl (C=O) groups excluding carboxylic acids is 1. The topological polar surface area (TPSA) is 139 Å². The van der Waals surface area contributed by atoms with E-state index in [1.54, 1.807) is 12.1 Å². The van der Waals surface area contributed by atoms with Crippen LogP contribution in [0.3, 0.4) is 0 Å². The number of hydrogen-bond acceptors (Lipinski definition) is 7. The quantitative estimate of drug-likeness (QED) is 0.189. The van der Waals surface area contributed by atoms with Crippen LogP contribution in [0.4, 0.5) is 18.9 Å². The number of hydrogen-bond donors (Lipinski definition) is 5. The Kier molecular flexibility index (Phi) is 10.4. The number of aliphatic hydroxyl groups is 1. The highest BCUT2D eigenvalue weighted by atomic mass is 32.2. The minimum Gasteiger partial charge on any atom is -0.508 e. The lowest BCUT2D eigenvalue weighted by Gasteiger charge is -2.28. The van der Waals surface area contributed by atoms with Crippen LogP contribution in [-0.2, 0) is 40.4 Å². The molecule has 0 saturated heterocycles. The second kappa shape index (κ2) is 13.2. The van der Waals surface area contributed by atoms with Crippen LogP contribution in [0.25, 0.3) is 0 Å². The Balaban J connectivity index is 1.60. The molecule has 234 valence electrons. The summed E-state index contributed by atoms with van der Waals surface area (Å²) in [5.41, 5.74) is 0.648. The number of nitrogens with zero attached hydrogens (tertiary/aromatic N) is 1. The Morgan fingerprint density at radius 2 is 1.65 bits per heavy atom. The van der Waals surface area contributed by atoms with Gasteiger partial charge in [-0.15, -0.1) is 0 Å². The van der Waals surface area contributed by atoms with Gasteiger partial charge in [-0.2, -0.15) is 13.2 Å². The van der Waals surface area contributed by atoms with Gasteiger partial charge in [0.2, 0.25) is 15.9 Å². The molecule has 9 nitrogen and oxygen atoms in total. The Morgan fingerprint density at radius 3 is 2.30 bits per heavy atom. The van der Waals surface area contributed by atoms with Crippen LogP contribution in [0, 0.1) is 0 Å². The lowest BCUT2D eigenvalue weighted by Crippen LogP contribution is -2.43. The van der Waals surface area contributed by atoms with Crippen molar-refractivity contribution in [3.05, 3.63) is 88.5 Å². The molecule has 0 aromatic heterocycles. The van der Waals surface area contributed by atoms with Crippen LogP contribution in [0.2, 0.25) is 0 Å². The molecule has 0 radical (unpaired) electrons. The number of β-amino-alcohol motifs (C(OH)–C–C–N with tert-alkyl or cyclic N) is 1. The summed E-state index contributed by atoms with van der Waals surface area (Å²) in [7, 11) is -2.15. The number of amides is 1. The molecule has 0 aliphatic heterocycles. The number of halogens is 3. The van der Waals surface area contributed by atoms with E-state index in [4.69, 9.17) is 0 Å². The first kappa shape index (κ1) is 33.7. The van der Waals surface area contributed by atoms with E-state index in [2.05, 4.69) is 10.0 Å². The largest absolute Gasteiger partial charge is 0.508 e. The van der Waals surface area contributed by atoms with Gasteiger partial charge in [-0.25, -0.2) is 8.42 Å². The summed E-state index contributed by atoms with van der Waals surface area (Å²) >= 11 is 0. The van der Waals surface area contributed by atoms with Crippen molar-refractivity contribution in [2.45, 2.75) is 51.1 Å². The number of aliphatic hydroxyl groups excluding tert-OH is 1. The lowest BCUT2D eigenvalue weighted by atomic mass is 9.93. The molecule has 13 heteroatoms. The summed E-state index contributed by atoms with van der Waals surface area (Å²) in [4.78, 5) is 14.2. The van der Waals surface area contributed by atoms with Gasteiger partial charge in [-0.1, -0.05) is 30.3 Å². The van der Waals surface area contributed by atoms with Gasteiger partial charge in [0.05, 0.1) is 30.0 Å². The van der Waals surface area contributed by atoms with E-state index in [1.807, 2.05) is 26.0 Å². The number of rotatable bonds is 12. The van der Waals surface area contributed by atoms with Crippen LogP contribution in [-0.4, -0.2) is 59.9 Å². The van der Waals surface area contributed by atoms with E-state index in [1.165, 1.54) is 36.2 Å². The van der Waals surface area contributed by atoms with Gasteiger partial charge in [-0.3, -0.25) is 9.52 Å².